The van der Waals surface area contributed by atoms with Crippen molar-refractivity contribution < 1.29 is 13.0 Å². The third kappa shape index (κ3) is 13.0. The molecule has 164 valence electrons. The second-order valence-electron chi connectivity index (χ2n) is 7.24. The summed E-state index contributed by atoms with van der Waals surface area (Å²) in [6.45, 7) is 10.9. The molecule has 0 fully saturated rings. The lowest BCUT2D eigenvalue weighted by Crippen LogP contribution is -2.27. The molecule has 0 aliphatic carbocycles. The van der Waals surface area contributed by atoms with E-state index in [2.05, 4.69) is 25.7 Å². The lowest BCUT2D eigenvalue weighted by Gasteiger charge is -2.22. The van der Waals surface area contributed by atoms with Crippen LogP contribution in [0.25, 0.3) is 0 Å². The van der Waals surface area contributed by atoms with Crippen LogP contribution in [0.2, 0.25) is 0 Å². The molecule has 1 aromatic rings. The Balaban J connectivity index is 0.000000540. The molecule has 0 amide bonds. The van der Waals surface area contributed by atoms with Crippen LogP contribution in [-0.4, -0.2) is 37.5 Å². The monoisotopic (exact) mass is 415 g/mol. The molecular formula is C21H41N3O3S. The summed E-state index contributed by atoms with van der Waals surface area (Å²) < 4.78 is 29.8. The fraction of sp³-hybridized carbons (Fsp3) is 0.714. The van der Waals surface area contributed by atoms with Gasteiger partial charge in [0.15, 0.2) is 0 Å². The summed E-state index contributed by atoms with van der Waals surface area (Å²) >= 11 is 0. The van der Waals surface area contributed by atoms with Crippen molar-refractivity contribution in [2.75, 3.05) is 31.1 Å². The number of unbranched alkanes of at least 4 members (excludes halogenated alkanes) is 6. The molecule has 0 spiro atoms. The van der Waals surface area contributed by atoms with Gasteiger partial charge < -0.3 is 16.4 Å². The van der Waals surface area contributed by atoms with Crippen molar-refractivity contribution >= 4 is 21.5 Å². The second-order valence-corrected chi connectivity index (χ2v) is 8.63. The van der Waals surface area contributed by atoms with Gasteiger partial charge in [-0.25, -0.2) is 0 Å². The summed E-state index contributed by atoms with van der Waals surface area (Å²) in [6.07, 6.45) is 12.4. The zero-order valence-electron chi connectivity index (χ0n) is 18.0. The summed E-state index contributed by atoms with van der Waals surface area (Å²) in [4.78, 5) is 2.37. The summed E-state index contributed by atoms with van der Waals surface area (Å²) in [7, 11) is -4.23. The van der Waals surface area contributed by atoms with Crippen LogP contribution >= 0.6 is 0 Å². The van der Waals surface area contributed by atoms with Crippen LogP contribution in [0.4, 0.5) is 11.4 Å². The molecule has 0 aliphatic rings. The van der Waals surface area contributed by atoms with Crippen molar-refractivity contribution in [3.05, 3.63) is 18.2 Å². The first-order chi connectivity index (χ1) is 13.3. The lowest BCUT2D eigenvalue weighted by molar-refractivity contribution is 0.256. The van der Waals surface area contributed by atoms with Gasteiger partial charge in [0, 0.05) is 5.69 Å². The average Bonchev–Trinajstić information content (AvgIpc) is 2.61. The largest absolute Gasteiger partial charge is 0.399 e. The third-order valence-electron chi connectivity index (χ3n) is 4.55. The Morgan fingerprint density at radius 3 is 1.57 bits per heavy atom. The molecular weight excluding hydrogens is 374 g/mol. The van der Waals surface area contributed by atoms with Crippen molar-refractivity contribution in [3.63, 3.8) is 0 Å². The van der Waals surface area contributed by atoms with Crippen LogP contribution in [-0.2, 0) is 10.1 Å². The number of nitrogens with two attached hydrogens (primary N) is 2. The standard InChI is InChI=1S/C15H33N.C6H8N2O3S/c1-4-7-10-13-16(14-11-8-5-2)15-12-9-6-3;7-4-1-2-6(5(8)3-4)12(9,10)11/h4-15H2,1-3H3;1-3H,7-8H2,(H,9,10,11). The highest BCUT2D eigenvalue weighted by Crippen LogP contribution is 2.20. The molecule has 7 heteroatoms. The first-order valence-electron chi connectivity index (χ1n) is 10.6. The van der Waals surface area contributed by atoms with E-state index in [1.54, 1.807) is 0 Å². The van der Waals surface area contributed by atoms with E-state index in [0.717, 1.165) is 6.07 Å². The van der Waals surface area contributed by atoms with Crippen LogP contribution < -0.4 is 11.5 Å². The smallest absolute Gasteiger partial charge is 0.296 e. The molecule has 5 N–H and O–H groups in total. The molecule has 0 aromatic heterocycles. The highest BCUT2D eigenvalue weighted by molar-refractivity contribution is 7.86. The summed E-state index contributed by atoms with van der Waals surface area (Å²) in [6, 6.07) is 3.77. The van der Waals surface area contributed by atoms with E-state index in [-0.39, 0.29) is 10.6 Å². The maximum absolute atomic E-state index is 10.6. The molecule has 1 rings (SSSR count). The summed E-state index contributed by atoms with van der Waals surface area (Å²) in [5.41, 5.74) is 10.9. The first kappa shape index (κ1) is 26.7. The van der Waals surface area contributed by atoms with Crippen LogP contribution in [0.5, 0.6) is 0 Å². The fourth-order valence-electron chi connectivity index (χ4n) is 2.89. The molecule has 6 nitrogen and oxygen atoms in total. The highest BCUT2D eigenvalue weighted by Gasteiger charge is 2.12. The van der Waals surface area contributed by atoms with Crippen molar-refractivity contribution in [1.82, 2.24) is 4.90 Å². The molecule has 1 aromatic carbocycles. The Hall–Kier alpha value is -1.31. The number of nitrogens with zero attached hydrogens (tertiary/aromatic N) is 1. The second kappa shape index (κ2) is 15.6. The number of anilines is 2. The van der Waals surface area contributed by atoms with E-state index in [4.69, 9.17) is 16.0 Å². The van der Waals surface area contributed by atoms with Gasteiger partial charge in [-0.05, 0) is 57.1 Å². The zero-order chi connectivity index (χ0) is 21.4. The number of hydrogen-bond acceptors (Lipinski definition) is 5. The molecule has 0 saturated heterocycles. The average molecular weight is 416 g/mol. The molecule has 0 atom stereocenters. The predicted octanol–water partition coefficient (Wildman–Crippen LogP) is 4.96. The molecule has 0 aliphatic heterocycles. The Labute approximate surface area is 172 Å². The lowest BCUT2D eigenvalue weighted by atomic mass is 10.2. The topological polar surface area (TPSA) is 110 Å². The number of benzene rings is 1. The number of hydrogen-bond donors (Lipinski definition) is 3. The minimum absolute atomic E-state index is 0.0579. The molecule has 0 bridgehead atoms. The predicted molar refractivity (Wildman–Crippen MR) is 120 cm³/mol. The van der Waals surface area contributed by atoms with E-state index < -0.39 is 10.1 Å². The molecule has 28 heavy (non-hydrogen) atoms. The normalized spacial score (nSPS) is 11.3. The van der Waals surface area contributed by atoms with Gasteiger partial charge in [-0.1, -0.05) is 59.3 Å². The van der Waals surface area contributed by atoms with Crippen molar-refractivity contribution in [2.24, 2.45) is 0 Å². The Morgan fingerprint density at radius 1 is 0.821 bits per heavy atom. The Kier molecular flexibility index (Phi) is 14.9. The van der Waals surface area contributed by atoms with Gasteiger partial charge in [0.1, 0.15) is 4.90 Å². The Bertz CT molecular complexity index is 598. The first-order valence-corrected chi connectivity index (χ1v) is 12.0. The maximum atomic E-state index is 10.6. The third-order valence-corrected chi connectivity index (χ3v) is 5.47. The van der Waals surface area contributed by atoms with E-state index in [0.29, 0.717) is 5.69 Å². The molecule has 0 unspecified atom stereocenters. The SMILES string of the molecule is CCCCCN(CCCCC)CCCCC.Nc1ccc(S(=O)(=O)O)c(N)c1. The number of nitrogen functional groups attached to an aromatic ring is 2. The summed E-state index contributed by atoms with van der Waals surface area (Å²) in [5.74, 6) is 0. The van der Waals surface area contributed by atoms with E-state index in [1.807, 2.05) is 0 Å². The molecule has 0 saturated carbocycles. The highest BCUT2D eigenvalue weighted by atomic mass is 32.2. The Morgan fingerprint density at radius 2 is 1.25 bits per heavy atom. The van der Waals surface area contributed by atoms with E-state index >= 15 is 0 Å². The van der Waals surface area contributed by atoms with Crippen LogP contribution in [0.1, 0.15) is 78.6 Å². The summed E-state index contributed by atoms with van der Waals surface area (Å²) in [5, 5.41) is 0. The van der Waals surface area contributed by atoms with Gasteiger partial charge in [-0.3, -0.25) is 4.55 Å². The van der Waals surface area contributed by atoms with Gasteiger partial charge in [0.05, 0.1) is 5.69 Å². The fourth-order valence-corrected chi connectivity index (χ4v) is 3.49. The van der Waals surface area contributed by atoms with E-state index in [9.17, 15) is 8.42 Å². The van der Waals surface area contributed by atoms with Crippen LogP contribution in [0, 0.1) is 0 Å². The van der Waals surface area contributed by atoms with E-state index in [1.165, 1.54) is 89.6 Å². The van der Waals surface area contributed by atoms with Crippen molar-refractivity contribution in [3.8, 4) is 0 Å². The van der Waals surface area contributed by atoms with Crippen LogP contribution in [0.15, 0.2) is 23.1 Å². The van der Waals surface area contributed by atoms with Crippen molar-refractivity contribution in [1.29, 1.82) is 0 Å². The zero-order valence-corrected chi connectivity index (χ0v) is 18.8. The maximum Gasteiger partial charge on any atom is 0.296 e. The minimum atomic E-state index is -4.23. The number of rotatable bonds is 13. The van der Waals surface area contributed by atoms with Crippen LogP contribution in [0.3, 0.4) is 0 Å². The van der Waals surface area contributed by atoms with Crippen molar-refractivity contribution in [2.45, 2.75) is 83.5 Å². The van der Waals surface area contributed by atoms with Gasteiger partial charge in [0.25, 0.3) is 10.1 Å². The molecule has 0 radical (unpaired) electrons. The minimum Gasteiger partial charge on any atom is -0.399 e. The van der Waals surface area contributed by atoms with Gasteiger partial charge in [-0.2, -0.15) is 8.42 Å². The molecule has 0 heterocycles. The van der Waals surface area contributed by atoms with Gasteiger partial charge in [-0.15, -0.1) is 0 Å². The quantitative estimate of drug-likeness (QED) is 0.239. The van der Waals surface area contributed by atoms with Gasteiger partial charge >= 0.3 is 0 Å². The van der Waals surface area contributed by atoms with Gasteiger partial charge in [0.2, 0.25) is 0 Å².